The number of likely N-dealkylation sites (tertiary alicyclic amines) is 1. The van der Waals surface area contributed by atoms with Crippen LogP contribution >= 0.6 is 0 Å². The molecule has 12 heteroatoms. The summed E-state index contributed by atoms with van der Waals surface area (Å²) in [6.45, 7) is -1.00. The largest absolute Gasteiger partial charge is 0.433 e. The molecule has 2 amide bonds. The Labute approximate surface area is 163 Å². The summed E-state index contributed by atoms with van der Waals surface area (Å²) >= 11 is 0. The van der Waals surface area contributed by atoms with Crippen LogP contribution in [-0.4, -0.2) is 63.2 Å². The van der Waals surface area contributed by atoms with Crippen LogP contribution < -0.4 is 5.73 Å². The van der Waals surface area contributed by atoms with Crippen molar-refractivity contribution in [3.8, 4) is 0 Å². The molecule has 0 bridgehead atoms. The normalized spacial score (nSPS) is 20.4. The van der Waals surface area contributed by atoms with Gasteiger partial charge in [0.25, 0.3) is 5.92 Å². The van der Waals surface area contributed by atoms with E-state index in [9.17, 15) is 31.5 Å². The first-order chi connectivity index (χ1) is 13.5. The molecule has 0 unspecified atom stereocenters. The fourth-order valence-corrected chi connectivity index (χ4v) is 3.57. The van der Waals surface area contributed by atoms with Crippen LogP contribution in [0, 0.1) is 0 Å². The molecule has 0 saturated carbocycles. The molecule has 0 aliphatic carbocycles. The van der Waals surface area contributed by atoms with Gasteiger partial charge < -0.3 is 15.5 Å². The quantitative estimate of drug-likeness (QED) is 0.742. The molecule has 0 spiro atoms. The molecule has 29 heavy (non-hydrogen) atoms. The van der Waals surface area contributed by atoms with E-state index in [1.54, 1.807) is 0 Å². The predicted molar refractivity (Wildman–Crippen MR) is 89.5 cm³/mol. The third kappa shape index (κ3) is 4.98. The van der Waals surface area contributed by atoms with E-state index in [0.29, 0.717) is 0 Å². The van der Waals surface area contributed by atoms with E-state index in [4.69, 9.17) is 5.73 Å². The number of alkyl halides is 5. The van der Waals surface area contributed by atoms with E-state index in [1.165, 1.54) is 4.90 Å². The number of carbonyl (C=O) groups excluding carboxylic acids is 2. The van der Waals surface area contributed by atoms with Crippen molar-refractivity contribution in [1.29, 1.82) is 0 Å². The molecular weight excluding hydrogens is 401 g/mol. The van der Waals surface area contributed by atoms with Crippen LogP contribution in [0.15, 0.2) is 6.33 Å². The van der Waals surface area contributed by atoms with Crippen LogP contribution in [0.4, 0.5) is 22.0 Å². The summed E-state index contributed by atoms with van der Waals surface area (Å²) in [5.74, 6) is -3.86. The molecule has 160 valence electrons. The second kappa shape index (κ2) is 7.81. The highest BCUT2D eigenvalue weighted by Gasteiger charge is 2.40. The SMILES string of the molecule is N[C@@H](CC(=O)N1CCc2c(ncnc2C(F)(F)F)C1)CN1CC(F)(F)CCC1=O. The van der Waals surface area contributed by atoms with Crippen LogP contribution in [0.5, 0.6) is 0 Å². The zero-order valence-corrected chi connectivity index (χ0v) is 15.4. The monoisotopic (exact) mass is 421 g/mol. The molecule has 0 aromatic carbocycles. The van der Waals surface area contributed by atoms with Crippen molar-refractivity contribution in [3.05, 3.63) is 23.3 Å². The van der Waals surface area contributed by atoms with Gasteiger partial charge in [-0.05, 0) is 6.42 Å². The second-order valence-corrected chi connectivity index (χ2v) is 7.30. The zero-order chi connectivity index (χ0) is 21.4. The number of hydrogen-bond acceptors (Lipinski definition) is 5. The van der Waals surface area contributed by atoms with Gasteiger partial charge in [-0.15, -0.1) is 0 Å². The predicted octanol–water partition coefficient (Wildman–Crippen LogP) is 1.36. The van der Waals surface area contributed by atoms with Crippen molar-refractivity contribution < 1.29 is 31.5 Å². The number of rotatable bonds is 4. The van der Waals surface area contributed by atoms with Crippen molar-refractivity contribution in [2.24, 2.45) is 5.73 Å². The summed E-state index contributed by atoms with van der Waals surface area (Å²) in [7, 11) is 0. The third-order valence-corrected chi connectivity index (χ3v) is 5.00. The lowest BCUT2D eigenvalue weighted by Gasteiger charge is -2.34. The molecule has 1 aromatic rings. The van der Waals surface area contributed by atoms with Crippen molar-refractivity contribution in [2.45, 2.75) is 50.4 Å². The van der Waals surface area contributed by atoms with Crippen molar-refractivity contribution >= 4 is 11.8 Å². The van der Waals surface area contributed by atoms with E-state index in [1.807, 2.05) is 0 Å². The summed E-state index contributed by atoms with van der Waals surface area (Å²) in [6, 6.07) is -0.863. The number of carbonyl (C=O) groups is 2. The third-order valence-electron chi connectivity index (χ3n) is 5.00. The number of nitrogens with zero attached hydrogens (tertiary/aromatic N) is 4. The van der Waals surface area contributed by atoms with Gasteiger partial charge in [0.05, 0.1) is 18.8 Å². The van der Waals surface area contributed by atoms with Gasteiger partial charge in [-0.3, -0.25) is 9.59 Å². The molecule has 1 saturated heterocycles. The van der Waals surface area contributed by atoms with Crippen LogP contribution in [0.3, 0.4) is 0 Å². The molecule has 3 heterocycles. The van der Waals surface area contributed by atoms with Crippen LogP contribution in [0.2, 0.25) is 0 Å². The minimum atomic E-state index is -4.61. The van der Waals surface area contributed by atoms with Crippen molar-refractivity contribution in [1.82, 2.24) is 19.8 Å². The Kier molecular flexibility index (Phi) is 5.74. The number of hydrogen-bond donors (Lipinski definition) is 1. The Hall–Kier alpha value is -2.37. The highest BCUT2D eigenvalue weighted by atomic mass is 19.4. The second-order valence-electron chi connectivity index (χ2n) is 7.30. The first-order valence-corrected chi connectivity index (χ1v) is 9.05. The van der Waals surface area contributed by atoms with Crippen molar-refractivity contribution in [2.75, 3.05) is 19.6 Å². The maximum atomic E-state index is 13.5. The van der Waals surface area contributed by atoms with Gasteiger partial charge in [-0.1, -0.05) is 0 Å². The van der Waals surface area contributed by atoms with Gasteiger partial charge in [-0.25, -0.2) is 18.7 Å². The molecule has 1 atom stereocenters. The van der Waals surface area contributed by atoms with Gasteiger partial charge in [-0.2, -0.15) is 13.2 Å². The highest BCUT2D eigenvalue weighted by Crippen LogP contribution is 2.33. The fourth-order valence-electron chi connectivity index (χ4n) is 3.57. The highest BCUT2D eigenvalue weighted by molar-refractivity contribution is 5.78. The molecule has 2 aliphatic rings. The number of nitrogens with two attached hydrogens (primary N) is 1. The standard InChI is InChI=1S/C17H20F5N5O2/c18-16(19)3-1-13(28)27(8-16)6-10(23)5-14(29)26-4-2-11-12(7-26)24-9-25-15(11)17(20,21)22/h9-10H,1-8,23H2/t10-/m0/s1. The van der Waals surface area contributed by atoms with Crippen molar-refractivity contribution in [3.63, 3.8) is 0 Å². The number of halogens is 5. The summed E-state index contributed by atoms with van der Waals surface area (Å²) in [5, 5.41) is 0. The molecule has 1 fully saturated rings. The number of aromatic nitrogens is 2. The Morgan fingerprint density at radius 1 is 1.28 bits per heavy atom. The summed E-state index contributed by atoms with van der Waals surface area (Å²) in [4.78, 5) is 33.7. The van der Waals surface area contributed by atoms with E-state index < -0.39 is 48.6 Å². The minimum absolute atomic E-state index is 0.0329. The maximum Gasteiger partial charge on any atom is 0.433 e. The molecule has 1 aromatic heterocycles. The summed E-state index contributed by atoms with van der Waals surface area (Å²) < 4.78 is 66.1. The van der Waals surface area contributed by atoms with Crippen LogP contribution in [0.25, 0.3) is 0 Å². The fraction of sp³-hybridized carbons (Fsp3) is 0.647. The van der Waals surface area contributed by atoms with Gasteiger partial charge in [0.1, 0.15) is 6.33 Å². The van der Waals surface area contributed by atoms with Gasteiger partial charge in [0.15, 0.2) is 5.69 Å². The Morgan fingerprint density at radius 2 is 2.00 bits per heavy atom. The average molecular weight is 421 g/mol. The summed E-state index contributed by atoms with van der Waals surface area (Å²) in [5.41, 5.74) is 4.96. The molecular formula is C17H20F5N5O2. The van der Waals surface area contributed by atoms with Gasteiger partial charge in [0.2, 0.25) is 11.8 Å². The van der Waals surface area contributed by atoms with Gasteiger partial charge >= 0.3 is 6.18 Å². The molecule has 2 N–H and O–H groups in total. The molecule has 3 rings (SSSR count). The molecule has 7 nitrogen and oxygen atoms in total. The Balaban J connectivity index is 1.60. The first kappa shape index (κ1) is 21.3. The van der Waals surface area contributed by atoms with E-state index in [2.05, 4.69) is 9.97 Å². The Bertz CT molecular complexity index is 801. The summed E-state index contributed by atoms with van der Waals surface area (Å²) in [6.07, 6.45) is -4.86. The van der Waals surface area contributed by atoms with E-state index in [0.717, 1.165) is 11.2 Å². The number of piperidine rings is 1. The van der Waals surface area contributed by atoms with E-state index >= 15 is 0 Å². The lowest BCUT2D eigenvalue weighted by molar-refractivity contribution is -0.148. The number of fused-ring (bicyclic) bond motifs is 1. The van der Waals surface area contributed by atoms with E-state index in [-0.39, 0.29) is 50.2 Å². The topological polar surface area (TPSA) is 92.4 Å². The smallest absolute Gasteiger partial charge is 0.336 e. The number of amides is 2. The molecule has 2 aliphatic heterocycles. The minimum Gasteiger partial charge on any atom is -0.336 e. The first-order valence-electron chi connectivity index (χ1n) is 9.05. The molecule has 0 radical (unpaired) electrons. The van der Waals surface area contributed by atoms with Crippen LogP contribution in [-0.2, 0) is 28.7 Å². The van der Waals surface area contributed by atoms with Gasteiger partial charge in [0, 0.05) is 44.0 Å². The van der Waals surface area contributed by atoms with Crippen LogP contribution in [0.1, 0.15) is 36.2 Å². The lowest BCUT2D eigenvalue weighted by atomic mass is 10.0. The maximum absolute atomic E-state index is 13.5. The lowest BCUT2D eigenvalue weighted by Crippen LogP contribution is -2.51. The Morgan fingerprint density at radius 3 is 2.69 bits per heavy atom. The zero-order valence-electron chi connectivity index (χ0n) is 15.4. The average Bonchev–Trinajstić information content (AvgIpc) is 2.62.